The molecule has 1 atom stereocenters. The molecule has 0 N–H and O–H groups in total. The number of hydrogen-bond donors (Lipinski definition) is 0. The van der Waals surface area contributed by atoms with Gasteiger partial charge in [-0.3, -0.25) is 9.59 Å². The van der Waals surface area contributed by atoms with Crippen LogP contribution in [0.15, 0.2) is 21.8 Å². The van der Waals surface area contributed by atoms with Gasteiger partial charge in [0.1, 0.15) is 6.04 Å². The highest BCUT2D eigenvalue weighted by Gasteiger charge is 2.24. The fourth-order valence-electron chi connectivity index (χ4n) is 1.76. The van der Waals surface area contributed by atoms with Crippen LogP contribution in [0.5, 0.6) is 0 Å². The van der Waals surface area contributed by atoms with Crippen molar-refractivity contribution in [1.29, 1.82) is 0 Å². The van der Waals surface area contributed by atoms with Crippen LogP contribution in [0.3, 0.4) is 0 Å². The first-order chi connectivity index (χ1) is 11.0. The number of nitrogens with zero attached hydrogens (tertiary/aromatic N) is 2. The molecule has 0 bridgehead atoms. The molecular formula is C15H22N2O5S. The van der Waals surface area contributed by atoms with Crippen molar-refractivity contribution in [2.24, 2.45) is 9.63 Å². The molecule has 1 unspecified atom stereocenters. The molecule has 0 saturated carbocycles. The number of hydrogen-bond acceptors (Lipinski definition) is 8. The van der Waals surface area contributed by atoms with Crippen LogP contribution in [0.2, 0.25) is 0 Å². The molecule has 0 aromatic rings. The van der Waals surface area contributed by atoms with E-state index in [4.69, 9.17) is 9.47 Å². The van der Waals surface area contributed by atoms with Gasteiger partial charge in [0.2, 0.25) is 5.12 Å². The van der Waals surface area contributed by atoms with Crippen molar-refractivity contribution in [3.8, 4) is 0 Å². The minimum Gasteiger partial charge on any atom is -0.466 e. The number of ether oxygens (including phenoxy) is 2. The lowest BCUT2D eigenvalue weighted by atomic mass is 10.2. The average Bonchev–Trinajstić information content (AvgIpc) is 2.92. The van der Waals surface area contributed by atoms with Crippen LogP contribution in [-0.2, 0) is 23.9 Å². The summed E-state index contributed by atoms with van der Waals surface area (Å²) in [5.74, 6) is -0.683. The fourth-order valence-corrected chi connectivity index (χ4v) is 2.29. The molecule has 1 heterocycles. The Bertz CT molecular complexity index is 478. The van der Waals surface area contributed by atoms with Crippen LogP contribution in [0.25, 0.3) is 0 Å². The minimum atomic E-state index is -0.505. The highest BCUT2D eigenvalue weighted by molar-refractivity contribution is 8.12. The van der Waals surface area contributed by atoms with Crippen molar-refractivity contribution < 1.29 is 23.9 Å². The molecule has 1 aliphatic heterocycles. The third kappa shape index (κ3) is 8.49. The Hall–Kier alpha value is -1.70. The topological polar surface area (TPSA) is 94.4 Å². The Morgan fingerprint density at radius 2 is 1.83 bits per heavy atom. The van der Waals surface area contributed by atoms with Crippen molar-refractivity contribution in [1.82, 2.24) is 0 Å². The third-order valence-corrected chi connectivity index (χ3v) is 3.72. The smallest absolute Gasteiger partial charge is 0.333 e. The minimum absolute atomic E-state index is 0.120. The zero-order chi connectivity index (χ0) is 17.1. The first-order valence-corrected chi connectivity index (χ1v) is 8.37. The van der Waals surface area contributed by atoms with E-state index in [2.05, 4.69) is 16.2 Å². The van der Waals surface area contributed by atoms with E-state index in [1.165, 1.54) is 0 Å². The van der Waals surface area contributed by atoms with Gasteiger partial charge in [0.15, 0.2) is 0 Å². The summed E-state index contributed by atoms with van der Waals surface area (Å²) in [6, 6.07) is -0.505. The van der Waals surface area contributed by atoms with Gasteiger partial charge in [-0.15, -0.1) is 4.52 Å². The van der Waals surface area contributed by atoms with E-state index in [0.717, 1.165) is 37.6 Å². The molecule has 8 heteroatoms. The lowest BCUT2D eigenvalue weighted by Crippen LogP contribution is -2.14. The molecule has 0 spiro atoms. The van der Waals surface area contributed by atoms with Gasteiger partial charge < -0.3 is 9.47 Å². The number of carbonyl (C=O) groups excluding carboxylic acids is 3. The van der Waals surface area contributed by atoms with Crippen LogP contribution < -0.4 is 0 Å². The van der Waals surface area contributed by atoms with Gasteiger partial charge in [-0.2, -0.15) is 5.11 Å². The first-order valence-electron chi connectivity index (χ1n) is 7.60. The van der Waals surface area contributed by atoms with Gasteiger partial charge >= 0.3 is 11.9 Å². The van der Waals surface area contributed by atoms with Crippen molar-refractivity contribution >= 4 is 29.0 Å². The number of esters is 2. The summed E-state index contributed by atoms with van der Waals surface area (Å²) >= 11 is 0.822. The second-order valence-corrected chi connectivity index (χ2v) is 5.96. The van der Waals surface area contributed by atoms with Gasteiger partial charge in [0.25, 0.3) is 0 Å². The summed E-state index contributed by atoms with van der Waals surface area (Å²) < 4.78 is 13.6. The summed E-state index contributed by atoms with van der Waals surface area (Å²) in [7, 11) is 0. The summed E-state index contributed by atoms with van der Waals surface area (Å²) in [5.41, 5.74) is 0.399. The Morgan fingerprint density at radius 1 is 1.17 bits per heavy atom. The molecule has 23 heavy (non-hydrogen) atoms. The van der Waals surface area contributed by atoms with Gasteiger partial charge in [-0.25, -0.2) is 4.79 Å². The maximum Gasteiger partial charge on any atom is 0.333 e. The molecule has 0 saturated heterocycles. The largest absolute Gasteiger partial charge is 0.466 e. The van der Waals surface area contributed by atoms with Gasteiger partial charge in [-0.1, -0.05) is 6.58 Å². The number of rotatable bonds is 11. The molecule has 0 aromatic carbocycles. The molecular weight excluding hydrogens is 320 g/mol. The third-order valence-electron chi connectivity index (χ3n) is 3.09. The van der Waals surface area contributed by atoms with Gasteiger partial charge in [-0.05, 0) is 39.0 Å². The maximum atomic E-state index is 11.5. The van der Waals surface area contributed by atoms with E-state index >= 15 is 0 Å². The molecule has 128 valence electrons. The summed E-state index contributed by atoms with van der Waals surface area (Å²) in [5, 5.41) is 3.62. The molecule has 1 aliphatic rings. The molecule has 0 fully saturated rings. The lowest BCUT2D eigenvalue weighted by Gasteiger charge is -2.06. The quantitative estimate of drug-likeness (QED) is 0.248. The Kier molecular flexibility index (Phi) is 9.20. The highest BCUT2D eigenvalue weighted by Crippen LogP contribution is 2.22. The van der Waals surface area contributed by atoms with E-state index in [1.807, 2.05) is 0 Å². The summed E-state index contributed by atoms with van der Waals surface area (Å²) in [6.07, 6.45) is 3.85. The normalized spacial score (nSPS) is 16.4. The Balaban J connectivity index is 1.91. The molecule has 0 aromatic heterocycles. The van der Waals surface area contributed by atoms with Crippen molar-refractivity contribution in [3.05, 3.63) is 12.2 Å². The van der Waals surface area contributed by atoms with E-state index < -0.39 is 6.04 Å². The fraction of sp³-hybridized carbons (Fsp3) is 0.667. The monoisotopic (exact) mass is 342 g/mol. The molecule has 0 amide bonds. The van der Waals surface area contributed by atoms with Crippen LogP contribution >= 0.6 is 11.9 Å². The lowest BCUT2D eigenvalue weighted by molar-refractivity contribution is -0.144. The van der Waals surface area contributed by atoms with E-state index in [9.17, 15) is 14.4 Å². The Labute approximate surface area is 140 Å². The number of unbranched alkanes of at least 4 members (excludes halogenated alkanes) is 3. The maximum absolute atomic E-state index is 11.5. The molecule has 0 radical (unpaired) electrons. The van der Waals surface area contributed by atoms with Crippen LogP contribution in [0.4, 0.5) is 0 Å². The van der Waals surface area contributed by atoms with Gasteiger partial charge in [0, 0.05) is 12.0 Å². The van der Waals surface area contributed by atoms with E-state index in [0.29, 0.717) is 25.2 Å². The van der Waals surface area contributed by atoms with Crippen molar-refractivity contribution in [2.75, 3.05) is 13.2 Å². The zero-order valence-electron chi connectivity index (χ0n) is 13.3. The molecule has 7 nitrogen and oxygen atoms in total. The standard InChI is InChI=1S/C15H22N2O5S/c1-11(2)14(19)22-10-6-4-3-5-9-21-13(18)8-7-12-15(20)23-17-16-12/h12H,1,3-10H2,2H3. The highest BCUT2D eigenvalue weighted by atomic mass is 32.2. The molecule has 1 rings (SSSR count). The van der Waals surface area contributed by atoms with Crippen LogP contribution in [0, 0.1) is 0 Å². The predicted molar refractivity (Wildman–Crippen MR) is 85.7 cm³/mol. The van der Waals surface area contributed by atoms with Crippen LogP contribution in [0.1, 0.15) is 45.4 Å². The van der Waals surface area contributed by atoms with E-state index in [-0.39, 0.29) is 23.5 Å². The summed E-state index contributed by atoms with van der Waals surface area (Å²) in [6.45, 7) is 5.86. The second-order valence-electron chi connectivity index (χ2n) is 5.21. The van der Waals surface area contributed by atoms with Crippen LogP contribution in [-0.4, -0.2) is 36.3 Å². The second kappa shape index (κ2) is 10.9. The SMILES string of the molecule is C=C(C)C(=O)OCCCCCCOC(=O)CCC1N=NSC1=O. The first kappa shape index (κ1) is 19.3. The van der Waals surface area contributed by atoms with Crippen molar-refractivity contribution in [2.45, 2.75) is 51.5 Å². The molecule has 0 aliphatic carbocycles. The summed E-state index contributed by atoms with van der Waals surface area (Å²) in [4.78, 5) is 33.9. The van der Waals surface area contributed by atoms with Gasteiger partial charge in [0.05, 0.1) is 25.2 Å². The Morgan fingerprint density at radius 3 is 2.39 bits per heavy atom. The van der Waals surface area contributed by atoms with Crippen molar-refractivity contribution in [3.63, 3.8) is 0 Å². The zero-order valence-corrected chi connectivity index (χ0v) is 14.1. The van der Waals surface area contributed by atoms with E-state index in [1.54, 1.807) is 6.92 Å². The number of carbonyl (C=O) groups is 3. The average molecular weight is 342 g/mol. The predicted octanol–water partition coefficient (Wildman–Crippen LogP) is 3.00.